The van der Waals surface area contributed by atoms with E-state index in [1.165, 1.54) is 6.92 Å². The first-order valence-electron chi connectivity index (χ1n) is 5.45. The maximum Gasteiger partial charge on any atom is 0.330 e. The largest absolute Gasteiger partial charge is 0.464 e. The van der Waals surface area contributed by atoms with Crippen LogP contribution >= 0.6 is 12.6 Å². The zero-order valence-electron chi connectivity index (χ0n) is 10.4. The van der Waals surface area contributed by atoms with Gasteiger partial charge in [0, 0.05) is 11.7 Å². The Bertz CT molecular complexity index is 248. The highest BCUT2D eigenvalue weighted by Crippen LogP contribution is 2.18. The number of esters is 1. The Balaban J connectivity index is 4.39. The van der Waals surface area contributed by atoms with E-state index in [9.17, 15) is 9.59 Å². The zero-order chi connectivity index (χ0) is 12.8. The topological polar surface area (TPSA) is 55.4 Å². The summed E-state index contributed by atoms with van der Waals surface area (Å²) in [6.45, 7) is 7.29. The summed E-state index contributed by atoms with van der Waals surface area (Å²) in [6.07, 6.45) is 1.79. The fourth-order valence-corrected chi connectivity index (χ4v) is 1.30. The summed E-state index contributed by atoms with van der Waals surface area (Å²) in [5.41, 5.74) is 0. The van der Waals surface area contributed by atoms with E-state index >= 15 is 0 Å². The summed E-state index contributed by atoms with van der Waals surface area (Å²) in [4.78, 5) is 22.7. The minimum Gasteiger partial charge on any atom is -0.464 e. The minimum atomic E-state index is -0.717. The lowest BCUT2D eigenvalue weighted by Gasteiger charge is -2.28. The highest BCUT2D eigenvalue weighted by molar-refractivity contribution is 7.81. The Labute approximate surface area is 103 Å². The number of hydrogen-bond donors (Lipinski definition) is 2. The third-order valence-corrected chi connectivity index (χ3v) is 2.29. The van der Waals surface area contributed by atoms with E-state index in [0.29, 0.717) is 6.61 Å². The van der Waals surface area contributed by atoms with Crippen molar-refractivity contribution in [1.82, 2.24) is 5.32 Å². The van der Waals surface area contributed by atoms with Gasteiger partial charge in [-0.2, -0.15) is 12.6 Å². The molecule has 94 valence electrons. The van der Waals surface area contributed by atoms with Crippen LogP contribution in [0.3, 0.4) is 0 Å². The van der Waals surface area contributed by atoms with Crippen molar-refractivity contribution < 1.29 is 14.3 Å². The predicted octanol–water partition coefficient (Wildman–Crippen LogP) is 1.54. The van der Waals surface area contributed by atoms with Crippen LogP contribution in [0.4, 0.5) is 0 Å². The lowest BCUT2D eigenvalue weighted by atomic mass is 10.0. The second-order valence-electron chi connectivity index (χ2n) is 4.31. The average molecular weight is 247 g/mol. The molecule has 0 aliphatic carbocycles. The molecule has 1 N–H and O–H groups in total. The molecule has 16 heavy (non-hydrogen) atoms. The standard InChI is InChI=1S/C11H21NO3S/c1-5-6-7-15-10(14)9(11(3,4)16)12-8(2)13/h9,16H,5-7H2,1-4H3,(H,12,13)/t9-/m0/s1. The van der Waals surface area contributed by atoms with Gasteiger partial charge in [0.05, 0.1) is 6.61 Å². The second-order valence-corrected chi connectivity index (χ2v) is 5.46. The van der Waals surface area contributed by atoms with Crippen LogP contribution in [0.15, 0.2) is 0 Å². The maximum atomic E-state index is 11.7. The van der Waals surface area contributed by atoms with Crippen LogP contribution in [0, 0.1) is 0 Å². The van der Waals surface area contributed by atoms with Gasteiger partial charge < -0.3 is 10.1 Å². The van der Waals surface area contributed by atoms with Crippen molar-refractivity contribution in [3.8, 4) is 0 Å². The predicted molar refractivity (Wildman–Crippen MR) is 66.5 cm³/mol. The van der Waals surface area contributed by atoms with E-state index < -0.39 is 16.8 Å². The molecule has 0 aromatic heterocycles. The smallest absolute Gasteiger partial charge is 0.330 e. The molecule has 0 saturated carbocycles. The van der Waals surface area contributed by atoms with Crippen LogP contribution in [0.25, 0.3) is 0 Å². The third kappa shape index (κ3) is 6.00. The molecule has 0 aromatic rings. The summed E-state index contributed by atoms with van der Waals surface area (Å²) in [5, 5.41) is 2.56. The van der Waals surface area contributed by atoms with Crippen molar-refractivity contribution in [1.29, 1.82) is 0 Å². The van der Waals surface area contributed by atoms with Crippen molar-refractivity contribution in [2.24, 2.45) is 0 Å². The Hall–Kier alpha value is -0.710. The van der Waals surface area contributed by atoms with E-state index in [0.717, 1.165) is 12.8 Å². The molecule has 4 nitrogen and oxygen atoms in total. The normalized spacial score (nSPS) is 13.1. The van der Waals surface area contributed by atoms with Gasteiger partial charge in [-0.25, -0.2) is 4.79 Å². The molecular formula is C11H21NO3S. The van der Waals surface area contributed by atoms with Gasteiger partial charge in [-0.05, 0) is 20.3 Å². The van der Waals surface area contributed by atoms with E-state index in [1.807, 2.05) is 6.92 Å². The summed E-state index contributed by atoms with van der Waals surface area (Å²) >= 11 is 4.29. The van der Waals surface area contributed by atoms with Gasteiger partial charge in [0.2, 0.25) is 5.91 Å². The molecule has 0 saturated heterocycles. The lowest BCUT2D eigenvalue weighted by Crippen LogP contribution is -2.51. The van der Waals surface area contributed by atoms with Crippen LogP contribution in [0.2, 0.25) is 0 Å². The second kappa shape index (κ2) is 6.78. The summed E-state index contributed by atoms with van der Waals surface area (Å²) < 4.78 is 4.43. The van der Waals surface area contributed by atoms with Gasteiger partial charge in [0.15, 0.2) is 0 Å². The fourth-order valence-electron chi connectivity index (χ4n) is 1.13. The third-order valence-electron chi connectivity index (χ3n) is 2.03. The van der Waals surface area contributed by atoms with Gasteiger partial charge in [-0.3, -0.25) is 4.79 Å². The zero-order valence-corrected chi connectivity index (χ0v) is 11.3. The first-order chi connectivity index (χ1) is 7.29. The molecule has 0 fully saturated rings. The van der Waals surface area contributed by atoms with Crippen LogP contribution in [-0.4, -0.2) is 29.3 Å². The van der Waals surface area contributed by atoms with Crippen molar-refractivity contribution >= 4 is 24.5 Å². The Morgan fingerprint density at radius 3 is 2.38 bits per heavy atom. The number of thiol groups is 1. The molecule has 0 heterocycles. The Morgan fingerprint density at radius 1 is 1.44 bits per heavy atom. The molecule has 0 bridgehead atoms. The minimum absolute atomic E-state index is 0.264. The first-order valence-corrected chi connectivity index (χ1v) is 5.90. The monoisotopic (exact) mass is 247 g/mol. The van der Waals surface area contributed by atoms with E-state index in [2.05, 4.69) is 17.9 Å². The van der Waals surface area contributed by atoms with Crippen molar-refractivity contribution in [2.45, 2.75) is 51.3 Å². The Morgan fingerprint density at radius 2 is 2.00 bits per heavy atom. The summed E-state index contributed by atoms with van der Waals surface area (Å²) in [6, 6.07) is -0.717. The number of carbonyl (C=O) groups is 2. The number of ether oxygens (including phenoxy) is 1. The van der Waals surface area contributed by atoms with Gasteiger partial charge in [-0.15, -0.1) is 0 Å². The van der Waals surface area contributed by atoms with Crippen LogP contribution in [0.5, 0.6) is 0 Å². The number of amides is 1. The van der Waals surface area contributed by atoms with Crippen LogP contribution < -0.4 is 5.32 Å². The molecule has 0 radical (unpaired) electrons. The van der Waals surface area contributed by atoms with Gasteiger partial charge in [0.25, 0.3) is 0 Å². The van der Waals surface area contributed by atoms with Gasteiger partial charge in [0.1, 0.15) is 6.04 Å². The summed E-state index contributed by atoms with van der Waals surface area (Å²) in [7, 11) is 0. The van der Waals surface area contributed by atoms with E-state index in [1.54, 1.807) is 13.8 Å². The molecule has 1 amide bonds. The molecule has 0 spiro atoms. The highest BCUT2D eigenvalue weighted by atomic mass is 32.1. The lowest BCUT2D eigenvalue weighted by molar-refractivity contribution is -0.148. The number of hydrogen-bond acceptors (Lipinski definition) is 4. The van der Waals surface area contributed by atoms with Crippen LogP contribution in [0.1, 0.15) is 40.5 Å². The molecule has 5 heteroatoms. The maximum absolute atomic E-state index is 11.7. The fraction of sp³-hybridized carbons (Fsp3) is 0.818. The number of carbonyl (C=O) groups excluding carboxylic acids is 2. The van der Waals surface area contributed by atoms with Crippen molar-refractivity contribution in [2.75, 3.05) is 6.61 Å². The Kier molecular flexibility index (Phi) is 6.48. The highest BCUT2D eigenvalue weighted by Gasteiger charge is 2.34. The van der Waals surface area contributed by atoms with E-state index in [4.69, 9.17) is 4.74 Å². The molecule has 0 rings (SSSR count). The summed E-state index contributed by atoms with van der Waals surface area (Å²) in [5.74, 6) is -0.691. The van der Waals surface area contributed by atoms with E-state index in [-0.39, 0.29) is 5.91 Å². The number of unbranched alkanes of at least 4 members (excludes halogenated alkanes) is 1. The van der Waals surface area contributed by atoms with Crippen molar-refractivity contribution in [3.63, 3.8) is 0 Å². The molecule has 1 atom stereocenters. The van der Waals surface area contributed by atoms with Crippen molar-refractivity contribution in [3.05, 3.63) is 0 Å². The molecule has 0 aliphatic heterocycles. The number of nitrogens with one attached hydrogen (secondary N) is 1. The van der Waals surface area contributed by atoms with Crippen LogP contribution in [-0.2, 0) is 14.3 Å². The van der Waals surface area contributed by atoms with Gasteiger partial charge in [-0.1, -0.05) is 13.3 Å². The molecular weight excluding hydrogens is 226 g/mol. The molecule has 0 unspecified atom stereocenters. The number of rotatable bonds is 6. The quantitative estimate of drug-likeness (QED) is 0.425. The SMILES string of the molecule is CCCCOC(=O)[C@H](NC(C)=O)C(C)(C)S. The molecule has 0 aromatic carbocycles. The molecule has 0 aliphatic rings. The average Bonchev–Trinajstić information content (AvgIpc) is 2.12. The van der Waals surface area contributed by atoms with Gasteiger partial charge >= 0.3 is 5.97 Å². The first kappa shape index (κ1) is 15.3.